The molecule has 4 heteroatoms. The Morgan fingerprint density at radius 3 is 2.56 bits per heavy atom. The van der Waals surface area contributed by atoms with Crippen LogP contribution in [0.5, 0.6) is 0 Å². The van der Waals surface area contributed by atoms with Crippen molar-refractivity contribution in [2.45, 2.75) is 26.7 Å². The van der Waals surface area contributed by atoms with Gasteiger partial charge >= 0.3 is 0 Å². The van der Waals surface area contributed by atoms with E-state index in [1.54, 1.807) is 0 Å². The first-order valence-electron chi connectivity index (χ1n) is 5.62. The van der Waals surface area contributed by atoms with E-state index in [0.717, 1.165) is 35.7 Å². The molecule has 0 bridgehead atoms. The Hall–Kier alpha value is -1.16. The maximum atomic E-state index is 5.80. The second-order valence-electron chi connectivity index (χ2n) is 4.30. The topological polar surface area (TPSA) is 42.1 Å². The molecule has 0 atom stereocenters. The predicted molar refractivity (Wildman–Crippen MR) is 71.0 cm³/mol. The van der Waals surface area contributed by atoms with E-state index < -0.39 is 0 Å². The molecule has 0 aromatic carbocycles. The van der Waals surface area contributed by atoms with E-state index in [9.17, 15) is 0 Å². The molecule has 1 aromatic heterocycles. The van der Waals surface area contributed by atoms with Gasteiger partial charge in [-0.2, -0.15) is 0 Å². The summed E-state index contributed by atoms with van der Waals surface area (Å²) in [5, 5.41) is 0. The highest BCUT2D eigenvalue weighted by Crippen LogP contribution is 2.27. The highest BCUT2D eigenvalue weighted by Gasteiger charge is 2.19. The van der Waals surface area contributed by atoms with Gasteiger partial charge in [-0.25, -0.2) is 0 Å². The zero-order valence-electron chi connectivity index (χ0n) is 9.79. The lowest BCUT2D eigenvalue weighted by Crippen LogP contribution is -2.24. The van der Waals surface area contributed by atoms with Gasteiger partial charge in [0.15, 0.2) is 0 Å². The lowest BCUT2D eigenvalue weighted by Gasteiger charge is -2.22. The molecule has 2 heterocycles. The third-order valence-electron chi connectivity index (χ3n) is 3.00. The summed E-state index contributed by atoms with van der Waals surface area (Å²) >= 11 is 5.13. The first-order chi connectivity index (χ1) is 7.59. The van der Waals surface area contributed by atoms with Crippen molar-refractivity contribution in [3.63, 3.8) is 0 Å². The van der Waals surface area contributed by atoms with Crippen LogP contribution in [0.4, 0.5) is 5.69 Å². The smallest absolute Gasteiger partial charge is 0.107 e. The van der Waals surface area contributed by atoms with Crippen molar-refractivity contribution in [3.05, 3.63) is 23.0 Å². The lowest BCUT2D eigenvalue weighted by molar-refractivity contribution is 0.949. The molecule has 0 aliphatic carbocycles. The predicted octanol–water partition coefficient (Wildman–Crippen LogP) is 1.93. The molecule has 1 fully saturated rings. The molecular formula is C12H17N3S. The highest BCUT2D eigenvalue weighted by molar-refractivity contribution is 7.80. The Bertz CT molecular complexity index is 423. The van der Waals surface area contributed by atoms with E-state index in [0.29, 0.717) is 4.99 Å². The van der Waals surface area contributed by atoms with E-state index in [-0.39, 0.29) is 0 Å². The fourth-order valence-electron chi connectivity index (χ4n) is 2.32. The van der Waals surface area contributed by atoms with Crippen LogP contribution in [0.1, 0.15) is 29.8 Å². The average Bonchev–Trinajstić information content (AvgIpc) is 2.67. The zero-order valence-corrected chi connectivity index (χ0v) is 10.6. The molecule has 0 spiro atoms. The van der Waals surface area contributed by atoms with Gasteiger partial charge in [-0.3, -0.25) is 4.98 Å². The van der Waals surface area contributed by atoms with Crippen LogP contribution in [0.15, 0.2) is 6.07 Å². The standard InChI is InChI=1S/C12H17N3S/c1-8-7-10(15-5-3-4-6-15)11(12(13)16)9(2)14-8/h7H,3-6H2,1-2H3,(H2,13,16). The van der Waals surface area contributed by atoms with Crippen molar-refractivity contribution >= 4 is 22.9 Å². The normalized spacial score (nSPS) is 15.5. The van der Waals surface area contributed by atoms with Gasteiger partial charge in [0.25, 0.3) is 0 Å². The molecule has 1 saturated heterocycles. The molecular weight excluding hydrogens is 218 g/mol. The fourth-order valence-corrected chi connectivity index (χ4v) is 2.57. The van der Waals surface area contributed by atoms with Crippen molar-refractivity contribution in [3.8, 4) is 0 Å². The number of aryl methyl sites for hydroxylation is 2. The first-order valence-corrected chi connectivity index (χ1v) is 6.03. The Morgan fingerprint density at radius 1 is 1.38 bits per heavy atom. The van der Waals surface area contributed by atoms with Crippen molar-refractivity contribution < 1.29 is 0 Å². The summed E-state index contributed by atoms with van der Waals surface area (Å²) < 4.78 is 0. The number of anilines is 1. The molecule has 0 radical (unpaired) electrons. The molecule has 1 aromatic rings. The maximum Gasteiger partial charge on any atom is 0.107 e. The first kappa shape index (κ1) is 11.3. The molecule has 0 unspecified atom stereocenters. The fraction of sp³-hybridized carbons (Fsp3) is 0.500. The van der Waals surface area contributed by atoms with E-state index in [1.165, 1.54) is 12.8 Å². The van der Waals surface area contributed by atoms with Crippen molar-refractivity contribution in [2.24, 2.45) is 5.73 Å². The van der Waals surface area contributed by atoms with Crippen LogP contribution in [-0.4, -0.2) is 23.1 Å². The number of nitrogens with two attached hydrogens (primary N) is 1. The molecule has 0 saturated carbocycles. The summed E-state index contributed by atoms with van der Waals surface area (Å²) in [7, 11) is 0. The monoisotopic (exact) mass is 235 g/mol. The van der Waals surface area contributed by atoms with Crippen molar-refractivity contribution in [1.82, 2.24) is 4.98 Å². The summed E-state index contributed by atoms with van der Waals surface area (Å²) in [4.78, 5) is 7.24. The van der Waals surface area contributed by atoms with Crippen LogP contribution in [0.25, 0.3) is 0 Å². The zero-order chi connectivity index (χ0) is 11.7. The van der Waals surface area contributed by atoms with Gasteiger partial charge in [-0.15, -0.1) is 0 Å². The number of nitrogens with zero attached hydrogens (tertiary/aromatic N) is 2. The van der Waals surface area contributed by atoms with Crippen LogP contribution in [0.3, 0.4) is 0 Å². The average molecular weight is 235 g/mol. The van der Waals surface area contributed by atoms with Crippen LogP contribution in [0.2, 0.25) is 0 Å². The van der Waals surface area contributed by atoms with E-state index >= 15 is 0 Å². The largest absolute Gasteiger partial charge is 0.389 e. The van der Waals surface area contributed by atoms with Crippen molar-refractivity contribution in [2.75, 3.05) is 18.0 Å². The third kappa shape index (κ3) is 2.02. The minimum Gasteiger partial charge on any atom is -0.389 e. The second kappa shape index (κ2) is 4.37. The summed E-state index contributed by atoms with van der Waals surface area (Å²) in [6.07, 6.45) is 2.49. The van der Waals surface area contributed by atoms with Gasteiger partial charge in [-0.1, -0.05) is 12.2 Å². The molecule has 2 rings (SSSR count). The number of pyridine rings is 1. The van der Waals surface area contributed by atoms with E-state index in [4.69, 9.17) is 18.0 Å². The van der Waals surface area contributed by atoms with Gasteiger partial charge < -0.3 is 10.6 Å². The number of hydrogen-bond donors (Lipinski definition) is 1. The summed E-state index contributed by atoms with van der Waals surface area (Å²) in [5.74, 6) is 0. The number of rotatable bonds is 2. The number of aromatic nitrogens is 1. The SMILES string of the molecule is Cc1cc(N2CCCC2)c(C(N)=S)c(C)n1. The van der Waals surface area contributed by atoms with Crippen LogP contribution < -0.4 is 10.6 Å². The Balaban J connectivity index is 2.52. The highest BCUT2D eigenvalue weighted by atomic mass is 32.1. The van der Waals surface area contributed by atoms with Crippen LogP contribution >= 0.6 is 12.2 Å². The Kier molecular flexibility index (Phi) is 3.10. The van der Waals surface area contributed by atoms with Gasteiger partial charge in [0.2, 0.25) is 0 Å². The molecule has 1 aliphatic heterocycles. The van der Waals surface area contributed by atoms with Gasteiger partial charge in [-0.05, 0) is 32.8 Å². The maximum absolute atomic E-state index is 5.80. The molecule has 3 nitrogen and oxygen atoms in total. The molecule has 1 aliphatic rings. The molecule has 2 N–H and O–H groups in total. The summed E-state index contributed by atoms with van der Waals surface area (Å²) in [6.45, 7) is 6.17. The Morgan fingerprint density at radius 2 is 2.00 bits per heavy atom. The van der Waals surface area contributed by atoms with Gasteiger partial charge in [0.05, 0.1) is 11.3 Å². The lowest BCUT2D eigenvalue weighted by atomic mass is 10.1. The van der Waals surface area contributed by atoms with Gasteiger partial charge in [0.1, 0.15) is 4.99 Å². The minimum absolute atomic E-state index is 0.451. The minimum atomic E-state index is 0.451. The van der Waals surface area contributed by atoms with E-state index in [1.807, 2.05) is 13.8 Å². The second-order valence-corrected chi connectivity index (χ2v) is 4.74. The molecule has 86 valence electrons. The molecule has 16 heavy (non-hydrogen) atoms. The number of hydrogen-bond acceptors (Lipinski definition) is 3. The molecule has 0 amide bonds. The Labute approximate surface area is 102 Å². The third-order valence-corrected chi connectivity index (χ3v) is 3.20. The summed E-state index contributed by atoms with van der Waals surface area (Å²) in [5.41, 5.74) is 9.87. The van der Waals surface area contributed by atoms with Gasteiger partial charge in [0, 0.05) is 24.5 Å². The van der Waals surface area contributed by atoms with Crippen LogP contribution in [-0.2, 0) is 0 Å². The van der Waals surface area contributed by atoms with Crippen LogP contribution in [0, 0.1) is 13.8 Å². The number of thiocarbonyl (C=S) groups is 1. The quantitative estimate of drug-likeness (QED) is 0.795. The summed E-state index contributed by atoms with van der Waals surface area (Å²) in [6, 6.07) is 2.09. The van der Waals surface area contributed by atoms with E-state index in [2.05, 4.69) is 16.0 Å². The van der Waals surface area contributed by atoms with Crippen molar-refractivity contribution in [1.29, 1.82) is 0 Å².